The summed E-state index contributed by atoms with van der Waals surface area (Å²) in [7, 11) is 0. The summed E-state index contributed by atoms with van der Waals surface area (Å²) in [5.41, 5.74) is 11.9. The number of pyridine rings is 1. The zero-order valence-electron chi connectivity index (χ0n) is 27.7. The van der Waals surface area contributed by atoms with E-state index in [4.69, 9.17) is 9.97 Å². The van der Waals surface area contributed by atoms with Gasteiger partial charge in [0.1, 0.15) is 11.6 Å². The third kappa shape index (κ3) is 6.03. The van der Waals surface area contributed by atoms with E-state index in [9.17, 15) is 5.11 Å². The Morgan fingerprint density at radius 1 is 0.667 bits per heavy atom. The number of rotatable bonds is 3. The molecule has 0 saturated carbocycles. The number of aryl methyl sites for hydroxylation is 5. The molecular weight excluding hydrogens is 767 g/mol. The van der Waals surface area contributed by atoms with Gasteiger partial charge < -0.3 is 10.1 Å². The molecule has 0 aliphatic rings. The number of aromatic nitrogens is 3. The van der Waals surface area contributed by atoms with Gasteiger partial charge in [0.15, 0.2) is 0 Å². The van der Waals surface area contributed by atoms with Crippen molar-refractivity contribution in [2.45, 2.75) is 34.6 Å². The van der Waals surface area contributed by atoms with E-state index in [2.05, 4.69) is 118 Å². The molecule has 4 nitrogen and oxygen atoms in total. The topological polar surface area (TPSA) is 50.9 Å². The number of fused-ring (bicyclic) bond motifs is 4. The van der Waals surface area contributed by atoms with Crippen molar-refractivity contribution in [2.24, 2.45) is 0 Å². The predicted octanol–water partition coefficient (Wildman–Crippen LogP) is 10.8. The molecule has 8 aromatic rings. The molecule has 2 aromatic heterocycles. The van der Waals surface area contributed by atoms with Gasteiger partial charge in [-0.1, -0.05) is 86.6 Å². The third-order valence-corrected chi connectivity index (χ3v) is 8.75. The summed E-state index contributed by atoms with van der Waals surface area (Å²) in [5.74, 6) is 0.993. The molecule has 48 heavy (non-hydrogen) atoms. The van der Waals surface area contributed by atoms with E-state index in [1.807, 2.05) is 42.6 Å². The van der Waals surface area contributed by atoms with Crippen LogP contribution in [0.15, 0.2) is 121 Å². The van der Waals surface area contributed by atoms with E-state index in [0.29, 0.717) is 0 Å². The standard InChI is InChI=1S/C22H18N.C21H18N2O.Ir/c1-14-10-15(2)12-18(11-14)22-21-17(8-9-23-22)13-16(3)19-6-4-5-7-20(19)21;1-14-8-7-9-15(2)20(14)23-18-12-5-4-11-17(18)22-21(23)16-10-3-6-13-19(16)24;/h4-11,13H,1-3H3;3-13,24H,1-2H3;/q-1;;. The van der Waals surface area contributed by atoms with Crippen molar-refractivity contribution in [3.63, 3.8) is 0 Å². The third-order valence-electron chi connectivity index (χ3n) is 8.75. The van der Waals surface area contributed by atoms with Crippen LogP contribution < -0.4 is 0 Å². The second-order valence-electron chi connectivity index (χ2n) is 12.3. The van der Waals surface area contributed by atoms with Gasteiger partial charge in [-0.3, -0.25) is 4.57 Å². The van der Waals surface area contributed by atoms with Gasteiger partial charge >= 0.3 is 0 Å². The zero-order chi connectivity index (χ0) is 32.7. The summed E-state index contributed by atoms with van der Waals surface area (Å²) in [6.07, 6.45) is 1.90. The summed E-state index contributed by atoms with van der Waals surface area (Å²) in [5, 5.41) is 15.4. The van der Waals surface area contributed by atoms with Crippen LogP contribution in [0.25, 0.3) is 60.9 Å². The Bertz CT molecular complexity index is 2400. The maximum absolute atomic E-state index is 10.3. The van der Waals surface area contributed by atoms with Crippen molar-refractivity contribution < 1.29 is 25.2 Å². The van der Waals surface area contributed by atoms with Crippen LogP contribution in [-0.2, 0) is 20.1 Å². The fourth-order valence-corrected chi connectivity index (χ4v) is 6.72. The Balaban J connectivity index is 0.000000164. The van der Waals surface area contributed by atoms with Crippen molar-refractivity contribution in [3.05, 3.63) is 155 Å². The summed E-state index contributed by atoms with van der Waals surface area (Å²) >= 11 is 0. The Morgan fingerprint density at radius 2 is 1.35 bits per heavy atom. The number of hydrogen-bond donors (Lipinski definition) is 1. The van der Waals surface area contributed by atoms with Gasteiger partial charge in [-0.2, -0.15) is 0 Å². The van der Waals surface area contributed by atoms with Crippen LogP contribution in [-0.4, -0.2) is 19.6 Å². The van der Waals surface area contributed by atoms with Crippen LogP contribution >= 0.6 is 0 Å². The van der Waals surface area contributed by atoms with Crippen molar-refractivity contribution in [1.29, 1.82) is 0 Å². The number of hydrogen-bond acceptors (Lipinski definition) is 3. The Labute approximate surface area is 295 Å². The quantitative estimate of drug-likeness (QED) is 0.143. The summed E-state index contributed by atoms with van der Waals surface area (Å²) in [6, 6.07) is 42.4. The molecular formula is C43H36IrN3O-. The normalized spacial score (nSPS) is 10.9. The van der Waals surface area contributed by atoms with Crippen molar-refractivity contribution >= 4 is 32.6 Å². The fraction of sp³-hybridized carbons (Fsp3) is 0.116. The van der Waals surface area contributed by atoms with Gasteiger partial charge in [0.05, 0.1) is 22.3 Å². The van der Waals surface area contributed by atoms with Crippen LogP contribution in [0.2, 0.25) is 0 Å². The monoisotopic (exact) mass is 803 g/mol. The van der Waals surface area contributed by atoms with Crippen LogP contribution in [0.4, 0.5) is 0 Å². The molecule has 6 aromatic carbocycles. The average molecular weight is 803 g/mol. The minimum atomic E-state index is 0. The molecule has 0 saturated heterocycles. The van der Waals surface area contributed by atoms with Crippen LogP contribution in [0, 0.1) is 40.7 Å². The number of para-hydroxylation sites is 4. The van der Waals surface area contributed by atoms with E-state index in [1.165, 1.54) is 43.8 Å². The van der Waals surface area contributed by atoms with Crippen molar-refractivity contribution in [1.82, 2.24) is 14.5 Å². The maximum Gasteiger partial charge on any atom is 0.149 e. The van der Waals surface area contributed by atoms with Gasteiger partial charge in [-0.15, -0.1) is 34.9 Å². The van der Waals surface area contributed by atoms with Crippen LogP contribution in [0.3, 0.4) is 0 Å². The molecule has 1 radical (unpaired) electrons. The molecule has 239 valence electrons. The smallest absolute Gasteiger partial charge is 0.149 e. The fourth-order valence-electron chi connectivity index (χ4n) is 6.72. The molecule has 0 aliphatic heterocycles. The van der Waals surface area contributed by atoms with Gasteiger partial charge in [-0.25, -0.2) is 4.98 Å². The molecule has 0 amide bonds. The van der Waals surface area contributed by atoms with Crippen LogP contribution in [0.1, 0.15) is 27.8 Å². The molecule has 0 bridgehead atoms. The summed E-state index contributed by atoms with van der Waals surface area (Å²) < 4.78 is 2.15. The molecule has 5 heteroatoms. The molecule has 1 N–H and O–H groups in total. The molecule has 0 unspecified atom stereocenters. The van der Waals surface area contributed by atoms with Gasteiger partial charge in [-0.05, 0) is 95.0 Å². The number of phenols is 1. The number of phenolic OH excluding ortho intramolecular Hbond substituents is 1. The van der Waals surface area contributed by atoms with E-state index in [-0.39, 0.29) is 25.9 Å². The van der Waals surface area contributed by atoms with Gasteiger partial charge in [0, 0.05) is 26.3 Å². The second-order valence-corrected chi connectivity index (χ2v) is 12.3. The number of aromatic hydroxyl groups is 1. The largest absolute Gasteiger partial charge is 0.507 e. The van der Waals surface area contributed by atoms with E-state index >= 15 is 0 Å². The summed E-state index contributed by atoms with van der Waals surface area (Å²) in [4.78, 5) is 9.51. The molecule has 0 atom stereocenters. The molecule has 8 rings (SSSR count). The predicted molar refractivity (Wildman–Crippen MR) is 195 cm³/mol. The molecule has 0 fully saturated rings. The first-order valence-corrected chi connectivity index (χ1v) is 15.9. The SMILES string of the molecule is Cc1[c-]c(-c2nccc3cc(C)c4ccccc4c23)cc(C)c1.Cc1cccc(C)c1-n1c(-c2ccccc2O)nc2ccccc21.[Ir]. The number of benzene rings is 6. The molecule has 0 aliphatic carbocycles. The van der Waals surface area contributed by atoms with Gasteiger partial charge in [0.2, 0.25) is 0 Å². The molecule has 2 heterocycles. The average Bonchev–Trinajstić information content (AvgIpc) is 3.43. The minimum absolute atomic E-state index is 0. The van der Waals surface area contributed by atoms with Gasteiger partial charge in [0.25, 0.3) is 0 Å². The zero-order valence-corrected chi connectivity index (χ0v) is 30.1. The van der Waals surface area contributed by atoms with Crippen molar-refractivity contribution in [3.8, 4) is 34.1 Å². The van der Waals surface area contributed by atoms with Crippen LogP contribution in [0.5, 0.6) is 5.75 Å². The van der Waals surface area contributed by atoms with E-state index in [1.54, 1.807) is 6.07 Å². The number of nitrogens with zero attached hydrogens (tertiary/aromatic N) is 3. The first-order chi connectivity index (χ1) is 22.8. The Hall–Kier alpha value is -5.09. The second kappa shape index (κ2) is 13.6. The first-order valence-electron chi connectivity index (χ1n) is 15.9. The first kappa shape index (κ1) is 32.8. The Kier molecular flexibility index (Phi) is 9.28. The number of imidazole rings is 1. The maximum atomic E-state index is 10.3. The Morgan fingerprint density at radius 3 is 2.10 bits per heavy atom. The summed E-state index contributed by atoms with van der Waals surface area (Å²) in [6.45, 7) is 10.6. The molecule has 0 spiro atoms. The van der Waals surface area contributed by atoms with E-state index < -0.39 is 0 Å². The van der Waals surface area contributed by atoms with E-state index in [0.717, 1.165) is 44.9 Å². The van der Waals surface area contributed by atoms with Crippen molar-refractivity contribution in [2.75, 3.05) is 0 Å². The minimum Gasteiger partial charge on any atom is -0.507 e.